The number of hydrogen-bond donors (Lipinski definition) is 0. The van der Waals surface area contributed by atoms with Crippen LogP contribution in [-0.2, 0) is 13.0 Å². The quantitative estimate of drug-likeness (QED) is 0.694. The van der Waals surface area contributed by atoms with Gasteiger partial charge in [0.2, 0.25) is 0 Å². The molecule has 1 aromatic carbocycles. The molecule has 0 aliphatic carbocycles. The molecule has 0 atom stereocenters. The Kier molecular flexibility index (Phi) is 3.38. The molecule has 0 fully saturated rings. The molecule has 0 saturated carbocycles. The van der Waals surface area contributed by atoms with Gasteiger partial charge in [-0.2, -0.15) is 0 Å². The Hall–Kier alpha value is -2.95. The van der Waals surface area contributed by atoms with Gasteiger partial charge < -0.3 is 4.90 Å². The van der Waals surface area contributed by atoms with Crippen LogP contribution in [0.4, 0.5) is 4.79 Å². The molecule has 0 radical (unpaired) electrons. The van der Waals surface area contributed by atoms with Crippen molar-refractivity contribution in [1.29, 1.82) is 0 Å². The minimum absolute atomic E-state index is 0.0260. The monoisotopic (exact) mass is 304 g/mol. The van der Waals surface area contributed by atoms with Gasteiger partial charge in [-0.3, -0.25) is 9.55 Å². The fourth-order valence-electron chi connectivity index (χ4n) is 2.94. The number of pyridine rings is 1. The van der Waals surface area contributed by atoms with Gasteiger partial charge in [0.05, 0.1) is 5.69 Å². The van der Waals surface area contributed by atoms with E-state index < -0.39 is 0 Å². The van der Waals surface area contributed by atoms with Crippen LogP contribution in [0.5, 0.6) is 0 Å². The first-order valence-corrected chi connectivity index (χ1v) is 7.62. The Morgan fingerprint density at radius 3 is 2.83 bits per heavy atom. The number of carbonyl (C=O) groups excluding carboxylic acids is 1. The van der Waals surface area contributed by atoms with Crippen LogP contribution < -0.4 is 0 Å². The first-order chi connectivity index (χ1) is 11.3. The summed E-state index contributed by atoms with van der Waals surface area (Å²) in [6.45, 7) is 1.35. The molecule has 2 aromatic heterocycles. The van der Waals surface area contributed by atoms with Crippen molar-refractivity contribution >= 4 is 6.03 Å². The minimum atomic E-state index is -0.0260. The molecule has 0 spiro atoms. The van der Waals surface area contributed by atoms with Gasteiger partial charge in [-0.15, -0.1) is 0 Å². The molecule has 0 saturated heterocycles. The Labute approximate surface area is 134 Å². The largest absolute Gasteiger partial charge is 0.329 e. The van der Waals surface area contributed by atoms with E-state index in [1.54, 1.807) is 24.9 Å². The van der Waals surface area contributed by atoms with Crippen molar-refractivity contribution in [3.63, 3.8) is 0 Å². The zero-order valence-corrected chi connectivity index (χ0v) is 12.6. The maximum Gasteiger partial charge on any atom is 0.329 e. The van der Waals surface area contributed by atoms with Crippen LogP contribution in [0.25, 0.3) is 11.3 Å². The van der Waals surface area contributed by atoms with E-state index in [2.05, 4.69) is 28.2 Å². The lowest BCUT2D eigenvalue weighted by Gasteiger charge is -2.29. The van der Waals surface area contributed by atoms with E-state index in [9.17, 15) is 4.79 Å². The summed E-state index contributed by atoms with van der Waals surface area (Å²) in [7, 11) is 0. The van der Waals surface area contributed by atoms with Gasteiger partial charge in [0.1, 0.15) is 6.33 Å². The van der Waals surface area contributed by atoms with Crippen LogP contribution in [0.1, 0.15) is 11.1 Å². The summed E-state index contributed by atoms with van der Waals surface area (Å²) in [5.41, 5.74) is 4.60. The van der Waals surface area contributed by atoms with Gasteiger partial charge in [0.25, 0.3) is 0 Å². The number of carbonyl (C=O) groups is 1. The van der Waals surface area contributed by atoms with Gasteiger partial charge in [-0.1, -0.05) is 18.2 Å². The number of rotatable bonds is 1. The Morgan fingerprint density at radius 2 is 2.04 bits per heavy atom. The van der Waals surface area contributed by atoms with E-state index in [4.69, 9.17) is 0 Å². The smallest absolute Gasteiger partial charge is 0.319 e. The molecule has 1 aliphatic heterocycles. The summed E-state index contributed by atoms with van der Waals surface area (Å²) in [5.74, 6) is 0. The van der Waals surface area contributed by atoms with E-state index in [0.29, 0.717) is 6.54 Å². The van der Waals surface area contributed by atoms with Crippen molar-refractivity contribution in [3.8, 4) is 11.3 Å². The Morgan fingerprint density at radius 1 is 1.09 bits per heavy atom. The minimum Gasteiger partial charge on any atom is -0.319 e. The highest BCUT2D eigenvalue weighted by Crippen LogP contribution is 2.25. The standard InChI is InChI=1S/C18H16N4O/c23-18(22-10-8-19-13-22)21-9-6-14-11-15(4-5-16(14)12-21)17-3-1-2-7-20-17/h1-5,7-8,10-11,13H,6,9,12H2. The Bertz CT molecular complexity index is 827. The van der Waals surface area contributed by atoms with Crippen molar-refractivity contribution in [2.24, 2.45) is 0 Å². The molecular weight excluding hydrogens is 288 g/mol. The lowest BCUT2D eigenvalue weighted by molar-refractivity contribution is 0.194. The van der Waals surface area contributed by atoms with E-state index >= 15 is 0 Å². The summed E-state index contributed by atoms with van der Waals surface area (Å²) in [4.78, 5) is 22.6. The lowest BCUT2D eigenvalue weighted by Crippen LogP contribution is -2.38. The Balaban J connectivity index is 1.58. The molecule has 5 heteroatoms. The second-order valence-corrected chi connectivity index (χ2v) is 5.62. The van der Waals surface area contributed by atoms with Crippen LogP contribution in [0.3, 0.4) is 0 Å². The van der Waals surface area contributed by atoms with Gasteiger partial charge >= 0.3 is 6.03 Å². The predicted molar refractivity (Wildman–Crippen MR) is 86.8 cm³/mol. The highest BCUT2D eigenvalue weighted by molar-refractivity contribution is 5.77. The first kappa shape index (κ1) is 13.7. The van der Waals surface area contributed by atoms with Crippen LogP contribution in [-0.4, -0.2) is 32.0 Å². The highest BCUT2D eigenvalue weighted by atomic mass is 16.2. The van der Waals surface area contributed by atoms with E-state index in [1.165, 1.54) is 15.7 Å². The number of nitrogens with zero attached hydrogens (tertiary/aromatic N) is 4. The summed E-state index contributed by atoms with van der Waals surface area (Å²) in [6.07, 6.45) is 7.51. The van der Waals surface area contributed by atoms with Crippen molar-refractivity contribution in [2.45, 2.75) is 13.0 Å². The average Bonchev–Trinajstić information content (AvgIpc) is 3.15. The summed E-state index contributed by atoms with van der Waals surface area (Å²) >= 11 is 0. The molecular formula is C18H16N4O. The fraction of sp³-hybridized carbons (Fsp3) is 0.167. The summed E-state index contributed by atoms with van der Waals surface area (Å²) in [6, 6.07) is 12.3. The number of hydrogen-bond acceptors (Lipinski definition) is 3. The molecule has 0 unspecified atom stereocenters. The van der Waals surface area contributed by atoms with Gasteiger partial charge in [0, 0.05) is 37.2 Å². The maximum absolute atomic E-state index is 12.4. The topological polar surface area (TPSA) is 51.0 Å². The molecule has 23 heavy (non-hydrogen) atoms. The van der Waals surface area contributed by atoms with Crippen LogP contribution >= 0.6 is 0 Å². The molecule has 114 valence electrons. The van der Waals surface area contributed by atoms with Crippen LogP contribution in [0.15, 0.2) is 61.3 Å². The molecule has 0 N–H and O–H groups in total. The van der Waals surface area contributed by atoms with Crippen LogP contribution in [0, 0.1) is 0 Å². The third-order valence-corrected chi connectivity index (χ3v) is 4.17. The maximum atomic E-state index is 12.4. The van der Waals surface area contributed by atoms with E-state index in [1.807, 2.05) is 23.1 Å². The normalized spacial score (nSPS) is 13.7. The zero-order chi connectivity index (χ0) is 15.6. The first-order valence-electron chi connectivity index (χ1n) is 7.62. The number of aromatic nitrogens is 3. The third-order valence-electron chi connectivity index (χ3n) is 4.17. The SMILES string of the molecule is O=C(N1CCc2cc(-c3ccccn3)ccc2C1)n1ccnc1. The van der Waals surface area contributed by atoms with E-state index in [-0.39, 0.29) is 6.03 Å². The van der Waals surface area contributed by atoms with Gasteiger partial charge in [0.15, 0.2) is 0 Å². The number of imidazole rings is 1. The van der Waals surface area contributed by atoms with Gasteiger partial charge in [-0.05, 0) is 35.7 Å². The molecule has 1 amide bonds. The van der Waals surface area contributed by atoms with E-state index in [0.717, 1.165) is 24.2 Å². The molecule has 5 nitrogen and oxygen atoms in total. The molecule has 3 heterocycles. The fourth-order valence-corrected chi connectivity index (χ4v) is 2.94. The number of benzene rings is 1. The molecule has 4 rings (SSSR count). The highest BCUT2D eigenvalue weighted by Gasteiger charge is 2.22. The molecule has 0 bridgehead atoms. The molecule has 3 aromatic rings. The van der Waals surface area contributed by atoms with Crippen molar-refractivity contribution in [2.75, 3.05) is 6.54 Å². The predicted octanol–water partition coefficient (Wildman–Crippen LogP) is 2.97. The lowest BCUT2D eigenvalue weighted by atomic mass is 9.96. The second-order valence-electron chi connectivity index (χ2n) is 5.62. The molecule has 1 aliphatic rings. The number of amides is 1. The van der Waals surface area contributed by atoms with Gasteiger partial charge in [-0.25, -0.2) is 9.78 Å². The van der Waals surface area contributed by atoms with Crippen LogP contribution in [0.2, 0.25) is 0 Å². The zero-order valence-electron chi connectivity index (χ0n) is 12.6. The summed E-state index contributed by atoms with van der Waals surface area (Å²) in [5, 5.41) is 0. The summed E-state index contributed by atoms with van der Waals surface area (Å²) < 4.78 is 1.52. The third kappa shape index (κ3) is 2.61. The average molecular weight is 304 g/mol. The van der Waals surface area contributed by atoms with Crippen molar-refractivity contribution in [1.82, 2.24) is 19.4 Å². The van der Waals surface area contributed by atoms with Crippen molar-refractivity contribution in [3.05, 3.63) is 72.4 Å². The second kappa shape index (κ2) is 5.68. The van der Waals surface area contributed by atoms with Crippen molar-refractivity contribution < 1.29 is 4.79 Å². The number of fused-ring (bicyclic) bond motifs is 1.